The van der Waals surface area contributed by atoms with Crippen molar-refractivity contribution < 1.29 is 9.47 Å². The van der Waals surface area contributed by atoms with Gasteiger partial charge >= 0.3 is 0 Å². The van der Waals surface area contributed by atoms with Crippen LogP contribution in [0.4, 0.5) is 0 Å². The SMILES string of the molecule is CCCOc1ccc2c(Cl)c(OCCCCCCCCCl)ccc2c1. The van der Waals surface area contributed by atoms with Crippen molar-refractivity contribution in [1.29, 1.82) is 0 Å². The fraction of sp³-hybridized carbons (Fsp3) is 0.524. The fourth-order valence-corrected chi connectivity index (χ4v) is 3.24. The van der Waals surface area contributed by atoms with E-state index in [1.165, 1.54) is 25.7 Å². The van der Waals surface area contributed by atoms with Crippen LogP contribution in [0.15, 0.2) is 30.3 Å². The lowest BCUT2D eigenvalue weighted by atomic mass is 10.1. The van der Waals surface area contributed by atoms with Gasteiger partial charge in [0.05, 0.1) is 18.2 Å². The van der Waals surface area contributed by atoms with Crippen LogP contribution in [0, 0.1) is 0 Å². The zero-order valence-electron chi connectivity index (χ0n) is 15.0. The van der Waals surface area contributed by atoms with Gasteiger partial charge in [-0.15, -0.1) is 11.6 Å². The van der Waals surface area contributed by atoms with Crippen molar-refractivity contribution in [2.75, 3.05) is 19.1 Å². The summed E-state index contributed by atoms with van der Waals surface area (Å²) >= 11 is 12.2. The summed E-state index contributed by atoms with van der Waals surface area (Å²) in [6, 6.07) is 10.00. The number of hydrogen-bond donors (Lipinski definition) is 0. The van der Waals surface area contributed by atoms with Crippen molar-refractivity contribution in [3.05, 3.63) is 35.4 Å². The Hall–Kier alpha value is -1.12. The zero-order chi connectivity index (χ0) is 17.9. The smallest absolute Gasteiger partial charge is 0.138 e. The number of benzene rings is 2. The Bertz CT molecular complexity index is 643. The highest BCUT2D eigenvalue weighted by atomic mass is 35.5. The first-order valence-electron chi connectivity index (χ1n) is 9.30. The third kappa shape index (κ3) is 6.60. The Labute approximate surface area is 161 Å². The standard InChI is InChI=1S/C21H28Cl2O2/c1-2-14-24-18-10-11-19-17(16-18)9-12-20(21(19)23)25-15-8-6-4-3-5-7-13-22/h9-12,16H,2-8,13-15H2,1H3. The molecule has 0 bridgehead atoms. The molecule has 0 aromatic heterocycles. The first-order valence-corrected chi connectivity index (χ1v) is 10.2. The van der Waals surface area contributed by atoms with E-state index in [9.17, 15) is 0 Å². The summed E-state index contributed by atoms with van der Waals surface area (Å²) in [4.78, 5) is 0. The van der Waals surface area contributed by atoms with Crippen LogP contribution in [0.5, 0.6) is 11.5 Å². The number of hydrogen-bond acceptors (Lipinski definition) is 2. The van der Waals surface area contributed by atoms with Crippen LogP contribution in [-0.4, -0.2) is 19.1 Å². The first-order chi connectivity index (χ1) is 12.3. The van der Waals surface area contributed by atoms with Crippen LogP contribution >= 0.6 is 23.2 Å². The molecule has 2 aromatic rings. The molecule has 2 rings (SSSR count). The summed E-state index contributed by atoms with van der Waals surface area (Å²) in [6.07, 6.45) is 8.09. The van der Waals surface area contributed by atoms with Gasteiger partial charge in [-0.05, 0) is 48.9 Å². The van der Waals surface area contributed by atoms with E-state index in [1.807, 2.05) is 30.3 Å². The Morgan fingerprint density at radius 3 is 2.36 bits per heavy atom. The second-order valence-electron chi connectivity index (χ2n) is 6.27. The third-order valence-corrected chi connectivity index (χ3v) is 4.81. The molecule has 0 radical (unpaired) electrons. The molecule has 0 N–H and O–H groups in total. The Morgan fingerprint density at radius 1 is 0.840 bits per heavy atom. The third-order valence-electron chi connectivity index (χ3n) is 4.15. The summed E-state index contributed by atoms with van der Waals surface area (Å²) in [5, 5.41) is 2.76. The van der Waals surface area contributed by atoms with Crippen LogP contribution in [0.2, 0.25) is 5.02 Å². The number of rotatable bonds is 12. The van der Waals surface area contributed by atoms with Gasteiger partial charge in [-0.1, -0.05) is 50.3 Å². The lowest BCUT2D eigenvalue weighted by molar-refractivity contribution is 0.305. The average molecular weight is 383 g/mol. The van der Waals surface area contributed by atoms with Crippen molar-refractivity contribution in [3.63, 3.8) is 0 Å². The minimum atomic E-state index is 0.682. The van der Waals surface area contributed by atoms with Crippen molar-refractivity contribution in [3.8, 4) is 11.5 Å². The maximum atomic E-state index is 6.52. The molecule has 0 amide bonds. The molecule has 0 spiro atoms. The molecule has 0 unspecified atom stereocenters. The maximum absolute atomic E-state index is 6.52. The molecule has 0 aliphatic rings. The van der Waals surface area contributed by atoms with Gasteiger partial charge in [0, 0.05) is 11.3 Å². The predicted octanol–water partition coefficient (Wildman–Crippen LogP) is 7.24. The Balaban J connectivity index is 1.84. The molecule has 0 aliphatic carbocycles. The lowest BCUT2D eigenvalue weighted by Gasteiger charge is -2.11. The Morgan fingerprint density at radius 2 is 1.60 bits per heavy atom. The van der Waals surface area contributed by atoms with Gasteiger partial charge in [-0.3, -0.25) is 0 Å². The summed E-state index contributed by atoms with van der Waals surface area (Å²) < 4.78 is 11.6. The molecule has 0 aliphatic heterocycles. The predicted molar refractivity (Wildman–Crippen MR) is 109 cm³/mol. The molecule has 138 valence electrons. The topological polar surface area (TPSA) is 18.5 Å². The van der Waals surface area contributed by atoms with E-state index in [1.54, 1.807) is 0 Å². The van der Waals surface area contributed by atoms with Crippen LogP contribution in [0.1, 0.15) is 51.9 Å². The van der Waals surface area contributed by atoms with E-state index >= 15 is 0 Å². The molecule has 0 fully saturated rings. The number of alkyl halides is 1. The van der Waals surface area contributed by atoms with E-state index < -0.39 is 0 Å². The van der Waals surface area contributed by atoms with E-state index in [4.69, 9.17) is 32.7 Å². The summed E-state index contributed by atoms with van der Waals surface area (Å²) in [5.74, 6) is 2.42. The molecule has 0 heterocycles. The first kappa shape index (κ1) is 20.2. The summed E-state index contributed by atoms with van der Waals surface area (Å²) in [6.45, 7) is 3.53. The quantitative estimate of drug-likeness (QED) is 0.284. The minimum Gasteiger partial charge on any atom is -0.494 e. The number of unbranched alkanes of at least 4 members (excludes halogenated alkanes) is 5. The van der Waals surface area contributed by atoms with Gasteiger partial charge in [-0.25, -0.2) is 0 Å². The monoisotopic (exact) mass is 382 g/mol. The molecule has 2 aromatic carbocycles. The average Bonchev–Trinajstić information content (AvgIpc) is 2.63. The molecule has 0 saturated heterocycles. The fourth-order valence-electron chi connectivity index (χ4n) is 2.76. The zero-order valence-corrected chi connectivity index (χ0v) is 16.5. The molecule has 4 heteroatoms. The van der Waals surface area contributed by atoms with Gasteiger partial charge in [-0.2, -0.15) is 0 Å². The van der Waals surface area contributed by atoms with Gasteiger partial charge in [0.25, 0.3) is 0 Å². The van der Waals surface area contributed by atoms with Gasteiger partial charge < -0.3 is 9.47 Å². The number of halogens is 2. The van der Waals surface area contributed by atoms with Crippen molar-refractivity contribution >= 4 is 34.0 Å². The van der Waals surface area contributed by atoms with E-state index in [0.717, 1.165) is 54.0 Å². The molecular formula is C21H28Cl2O2. The normalized spacial score (nSPS) is 11.0. The lowest BCUT2D eigenvalue weighted by Crippen LogP contribution is -1.98. The van der Waals surface area contributed by atoms with E-state index in [2.05, 4.69) is 6.92 Å². The molecule has 0 saturated carbocycles. The largest absolute Gasteiger partial charge is 0.494 e. The summed E-state index contributed by atoms with van der Waals surface area (Å²) in [7, 11) is 0. The van der Waals surface area contributed by atoms with Crippen molar-refractivity contribution in [2.24, 2.45) is 0 Å². The highest BCUT2D eigenvalue weighted by Gasteiger charge is 2.08. The molecule has 25 heavy (non-hydrogen) atoms. The second kappa shape index (κ2) is 11.5. The molecule has 2 nitrogen and oxygen atoms in total. The van der Waals surface area contributed by atoms with E-state index in [0.29, 0.717) is 11.6 Å². The maximum Gasteiger partial charge on any atom is 0.138 e. The van der Waals surface area contributed by atoms with Crippen molar-refractivity contribution in [2.45, 2.75) is 51.9 Å². The van der Waals surface area contributed by atoms with Gasteiger partial charge in [0.15, 0.2) is 0 Å². The molecular weight excluding hydrogens is 355 g/mol. The number of ether oxygens (including phenoxy) is 2. The molecule has 0 atom stereocenters. The Kier molecular flexibility index (Phi) is 9.28. The summed E-state index contributed by atoms with van der Waals surface area (Å²) in [5.41, 5.74) is 0. The van der Waals surface area contributed by atoms with Crippen LogP contribution in [0.25, 0.3) is 10.8 Å². The minimum absolute atomic E-state index is 0.682. The van der Waals surface area contributed by atoms with E-state index in [-0.39, 0.29) is 0 Å². The second-order valence-corrected chi connectivity index (χ2v) is 7.02. The number of fused-ring (bicyclic) bond motifs is 1. The van der Waals surface area contributed by atoms with Crippen LogP contribution in [0.3, 0.4) is 0 Å². The van der Waals surface area contributed by atoms with Crippen molar-refractivity contribution in [1.82, 2.24) is 0 Å². The highest BCUT2D eigenvalue weighted by molar-refractivity contribution is 6.37. The van der Waals surface area contributed by atoms with Gasteiger partial charge in [0.1, 0.15) is 11.5 Å². The van der Waals surface area contributed by atoms with Crippen LogP contribution in [-0.2, 0) is 0 Å². The highest BCUT2D eigenvalue weighted by Crippen LogP contribution is 2.34. The van der Waals surface area contributed by atoms with Crippen LogP contribution < -0.4 is 9.47 Å². The van der Waals surface area contributed by atoms with Gasteiger partial charge in [0.2, 0.25) is 0 Å².